The van der Waals surface area contributed by atoms with Crippen molar-refractivity contribution in [2.24, 2.45) is 0 Å². The van der Waals surface area contributed by atoms with Crippen LogP contribution in [0.25, 0.3) is 0 Å². The fourth-order valence-corrected chi connectivity index (χ4v) is 1.55. The van der Waals surface area contributed by atoms with E-state index in [0.717, 1.165) is 19.5 Å². The van der Waals surface area contributed by atoms with Crippen LogP contribution in [0.1, 0.15) is 12.8 Å². The summed E-state index contributed by atoms with van der Waals surface area (Å²) in [6, 6.07) is 0. The Labute approximate surface area is 79.1 Å². The Bertz CT molecular complexity index is 182. The molecule has 1 aliphatic heterocycles. The van der Waals surface area contributed by atoms with Gasteiger partial charge in [0.25, 0.3) is 0 Å². The van der Waals surface area contributed by atoms with Crippen molar-refractivity contribution < 1.29 is 9.90 Å². The van der Waals surface area contributed by atoms with Gasteiger partial charge in [-0.3, -0.25) is 4.79 Å². The normalized spacial score (nSPS) is 23.2. The van der Waals surface area contributed by atoms with Gasteiger partial charge in [0.2, 0.25) is 5.91 Å². The quantitative estimate of drug-likeness (QED) is 0.645. The molecule has 4 heteroatoms. The number of carbonyl (C=O) groups excluding carboxylic acids is 1. The van der Waals surface area contributed by atoms with Gasteiger partial charge in [-0.15, -0.1) is 0 Å². The first-order valence-electron chi connectivity index (χ1n) is 4.70. The molecule has 1 heterocycles. The SMILES string of the molecule is CN(C)CCCN1CC(O)CC1=O. The molecular formula is C9H18N2O2. The van der Waals surface area contributed by atoms with Crippen LogP contribution in [-0.4, -0.2) is 60.6 Å². The van der Waals surface area contributed by atoms with Gasteiger partial charge in [-0.2, -0.15) is 0 Å². The number of aliphatic hydroxyl groups excluding tert-OH is 1. The van der Waals surface area contributed by atoms with Crippen LogP contribution >= 0.6 is 0 Å². The maximum atomic E-state index is 11.2. The second kappa shape index (κ2) is 4.58. The molecule has 0 aromatic carbocycles. The molecule has 13 heavy (non-hydrogen) atoms. The maximum Gasteiger partial charge on any atom is 0.225 e. The number of hydrogen-bond acceptors (Lipinski definition) is 3. The second-order valence-electron chi connectivity index (χ2n) is 3.85. The van der Waals surface area contributed by atoms with Crippen LogP contribution in [0.2, 0.25) is 0 Å². The molecule has 1 unspecified atom stereocenters. The largest absolute Gasteiger partial charge is 0.391 e. The van der Waals surface area contributed by atoms with E-state index in [9.17, 15) is 9.90 Å². The smallest absolute Gasteiger partial charge is 0.225 e. The van der Waals surface area contributed by atoms with E-state index in [4.69, 9.17) is 0 Å². The second-order valence-corrected chi connectivity index (χ2v) is 3.85. The van der Waals surface area contributed by atoms with E-state index >= 15 is 0 Å². The number of hydrogen-bond donors (Lipinski definition) is 1. The molecule has 0 saturated carbocycles. The van der Waals surface area contributed by atoms with Gasteiger partial charge in [-0.05, 0) is 27.1 Å². The minimum absolute atomic E-state index is 0.0891. The molecule has 0 spiro atoms. The average molecular weight is 186 g/mol. The summed E-state index contributed by atoms with van der Waals surface area (Å²) >= 11 is 0. The molecule has 0 radical (unpaired) electrons. The summed E-state index contributed by atoms with van der Waals surface area (Å²) < 4.78 is 0. The topological polar surface area (TPSA) is 43.8 Å². The first-order valence-corrected chi connectivity index (χ1v) is 4.70. The highest BCUT2D eigenvalue weighted by Crippen LogP contribution is 2.10. The molecule has 1 N–H and O–H groups in total. The lowest BCUT2D eigenvalue weighted by Gasteiger charge is -2.17. The Morgan fingerprint density at radius 2 is 2.31 bits per heavy atom. The zero-order valence-electron chi connectivity index (χ0n) is 8.36. The third-order valence-electron chi connectivity index (χ3n) is 2.23. The van der Waals surface area contributed by atoms with Crippen molar-refractivity contribution in [3.8, 4) is 0 Å². The Hall–Kier alpha value is -0.610. The molecule has 0 aromatic rings. The minimum atomic E-state index is -0.438. The van der Waals surface area contributed by atoms with E-state index in [2.05, 4.69) is 4.90 Å². The van der Waals surface area contributed by atoms with Crippen LogP contribution in [0.3, 0.4) is 0 Å². The van der Waals surface area contributed by atoms with E-state index in [-0.39, 0.29) is 5.91 Å². The highest BCUT2D eigenvalue weighted by Gasteiger charge is 2.26. The van der Waals surface area contributed by atoms with Gasteiger partial charge < -0.3 is 14.9 Å². The summed E-state index contributed by atoms with van der Waals surface area (Å²) in [6.07, 6.45) is 0.847. The van der Waals surface area contributed by atoms with Gasteiger partial charge in [0.05, 0.1) is 12.5 Å². The average Bonchev–Trinajstić information content (AvgIpc) is 2.29. The maximum absolute atomic E-state index is 11.2. The van der Waals surface area contributed by atoms with E-state index in [0.29, 0.717) is 13.0 Å². The van der Waals surface area contributed by atoms with Gasteiger partial charge in [-0.1, -0.05) is 0 Å². The molecule has 0 bridgehead atoms. The molecule has 76 valence electrons. The lowest BCUT2D eigenvalue weighted by molar-refractivity contribution is -0.127. The van der Waals surface area contributed by atoms with Crippen LogP contribution in [0, 0.1) is 0 Å². The number of β-amino-alcohol motifs (C(OH)–C–C–N with tert-alkyl or cyclic N) is 1. The number of nitrogens with zero attached hydrogens (tertiary/aromatic N) is 2. The van der Waals surface area contributed by atoms with Crippen LogP contribution in [0.5, 0.6) is 0 Å². The summed E-state index contributed by atoms with van der Waals surface area (Å²) in [5.74, 6) is 0.0891. The third-order valence-corrected chi connectivity index (χ3v) is 2.23. The van der Waals surface area contributed by atoms with Gasteiger partial charge >= 0.3 is 0 Å². The zero-order chi connectivity index (χ0) is 9.84. The fraction of sp³-hybridized carbons (Fsp3) is 0.889. The molecule has 1 amide bonds. The molecule has 1 saturated heterocycles. The summed E-state index contributed by atoms with van der Waals surface area (Å²) in [7, 11) is 4.03. The van der Waals surface area contributed by atoms with E-state index in [1.807, 2.05) is 14.1 Å². The first-order chi connectivity index (χ1) is 6.09. The fourth-order valence-electron chi connectivity index (χ4n) is 1.55. The van der Waals surface area contributed by atoms with Gasteiger partial charge in [0, 0.05) is 13.1 Å². The van der Waals surface area contributed by atoms with Crippen molar-refractivity contribution in [3.63, 3.8) is 0 Å². The summed E-state index contributed by atoms with van der Waals surface area (Å²) in [5, 5.41) is 9.21. The predicted molar refractivity (Wildman–Crippen MR) is 50.4 cm³/mol. The molecule has 0 aliphatic carbocycles. The Morgan fingerprint density at radius 1 is 1.62 bits per heavy atom. The summed E-state index contributed by atoms with van der Waals surface area (Å²) in [4.78, 5) is 15.1. The van der Waals surface area contributed by atoms with Crippen molar-refractivity contribution in [3.05, 3.63) is 0 Å². The van der Waals surface area contributed by atoms with Crippen molar-refractivity contribution in [2.75, 3.05) is 33.7 Å². The molecule has 1 fully saturated rings. The number of rotatable bonds is 4. The minimum Gasteiger partial charge on any atom is -0.391 e. The van der Waals surface area contributed by atoms with Crippen molar-refractivity contribution >= 4 is 5.91 Å². The summed E-state index contributed by atoms with van der Waals surface area (Å²) in [6.45, 7) is 2.28. The van der Waals surface area contributed by atoms with Crippen LogP contribution in [-0.2, 0) is 4.79 Å². The summed E-state index contributed by atoms with van der Waals surface area (Å²) in [5.41, 5.74) is 0. The standard InChI is InChI=1S/C9H18N2O2/c1-10(2)4-3-5-11-7-8(12)6-9(11)13/h8,12H,3-7H2,1-2H3. The van der Waals surface area contributed by atoms with Gasteiger partial charge in [-0.25, -0.2) is 0 Å². The van der Waals surface area contributed by atoms with E-state index < -0.39 is 6.10 Å². The molecule has 4 nitrogen and oxygen atoms in total. The Kier molecular flexibility index (Phi) is 3.69. The number of amides is 1. The molecule has 1 aliphatic rings. The first kappa shape index (κ1) is 10.5. The number of likely N-dealkylation sites (tertiary alicyclic amines) is 1. The van der Waals surface area contributed by atoms with Crippen LogP contribution in [0.15, 0.2) is 0 Å². The van der Waals surface area contributed by atoms with E-state index in [1.165, 1.54) is 0 Å². The Morgan fingerprint density at radius 3 is 2.77 bits per heavy atom. The van der Waals surface area contributed by atoms with Crippen LogP contribution < -0.4 is 0 Å². The highest BCUT2D eigenvalue weighted by atomic mass is 16.3. The van der Waals surface area contributed by atoms with Crippen LogP contribution in [0.4, 0.5) is 0 Å². The Balaban J connectivity index is 2.18. The van der Waals surface area contributed by atoms with Gasteiger partial charge in [0.15, 0.2) is 0 Å². The third kappa shape index (κ3) is 3.32. The lowest BCUT2D eigenvalue weighted by Crippen LogP contribution is -2.29. The van der Waals surface area contributed by atoms with Crippen molar-refractivity contribution in [1.82, 2.24) is 9.80 Å². The highest BCUT2D eigenvalue weighted by molar-refractivity contribution is 5.78. The lowest BCUT2D eigenvalue weighted by atomic mass is 10.3. The zero-order valence-corrected chi connectivity index (χ0v) is 8.36. The molecular weight excluding hydrogens is 168 g/mol. The predicted octanol–water partition coefficient (Wildman–Crippen LogP) is -0.469. The van der Waals surface area contributed by atoms with Gasteiger partial charge in [0.1, 0.15) is 0 Å². The number of carbonyl (C=O) groups is 1. The molecule has 0 aromatic heterocycles. The number of aliphatic hydroxyl groups is 1. The molecule has 1 rings (SSSR count). The van der Waals surface area contributed by atoms with Crippen molar-refractivity contribution in [1.29, 1.82) is 0 Å². The van der Waals surface area contributed by atoms with E-state index in [1.54, 1.807) is 4.90 Å². The molecule has 1 atom stereocenters. The monoisotopic (exact) mass is 186 g/mol. The van der Waals surface area contributed by atoms with Crippen molar-refractivity contribution in [2.45, 2.75) is 18.9 Å².